The highest BCUT2D eigenvalue weighted by atomic mass is 79.9. The van der Waals surface area contributed by atoms with E-state index in [2.05, 4.69) is 31.2 Å². The van der Waals surface area contributed by atoms with Crippen LogP contribution in [0, 0.1) is 6.92 Å². The normalized spacial score (nSPS) is 10.9. The van der Waals surface area contributed by atoms with Crippen LogP contribution in [0.25, 0.3) is 22.9 Å². The molecular weight excluding hydrogens is 436 g/mol. The summed E-state index contributed by atoms with van der Waals surface area (Å²) in [6.07, 6.45) is 1.86. The number of rotatable bonds is 6. The fourth-order valence-corrected chi connectivity index (χ4v) is 3.40. The SMILES string of the molecule is COc1ccc(-c2nnc(-c3cn(C)nc3C)o2)cc1COc1ccccc1Br. The van der Waals surface area contributed by atoms with Crippen LogP contribution in [0.5, 0.6) is 11.5 Å². The molecule has 2 heterocycles. The molecule has 0 saturated carbocycles. The molecule has 0 aliphatic heterocycles. The average Bonchev–Trinajstić information content (AvgIpc) is 3.33. The van der Waals surface area contributed by atoms with Gasteiger partial charge in [0, 0.05) is 24.4 Å². The van der Waals surface area contributed by atoms with E-state index in [9.17, 15) is 0 Å². The Labute approximate surface area is 176 Å². The monoisotopic (exact) mass is 454 g/mol. The first-order valence-electron chi connectivity index (χ1n) is 8.94. The molecule has 0 radical (unpaired) electrons. The first-order chi connectivity index (χ1) is 14.0. The minimum Gasteiger partial charge on any atom is -0.496 e. The van der Waals surface area contributed by atoms with Gasteiger partial charge in [0.15, 0.2) is 0 Å². The zero-order valence-electron chi connectivity index (χ0n) is 16.2. The Morgan fingerprint density at radius 3 is 2.59 bits per heavy atom. The second-order valence-electron chi connectivity index (χ2n) is 6.46. The molecule has 0 unspecified atom stereocenters. The molecule has 0 amide bonds. The summed E-state index contributed by atoms with van der Waals surface area (Å²) in [5.41, 5.74) is 3.31. The summed E-state index contributed by atoms with van der Waals surface area (Å²) in [7, 11) is 3.49. The molecule has 0 aliphatic carbocycles. The van der Waals surface area contributed by atoms with Crippen LogP contribution in [0.2, 0.25) is 0 Å². The minimum absolute atomic E-state index is 0.336. The maximum atomic E-state index is 5.94. The van der Waals surface area contributed by atoms with E-state index >= 15 is 0 Å². The van der Waals surface area contributed by atoms with Gasteiger partial charge in [0.2, 0.25) is 5.89 Å². The lowest BCUT2D eigenvalue weighted by Crippen LogP contribution is -1.99. The molecule has 0 spiro atoms. The number of hydrogen-bond donors (Lipinski definition) is 0. The quantitative estimate of drug-likeness (QED) is 0.416. The average molecular weight is 455 g/mol. The zero-order valence-corrected chi connectivity index (χ0v) is 17.8. The van der Waals surface area contributed by atoms with Gasteiger partial charge in [0.05, 0.1) is 22.8 Å². The Morgan fingerprint density at radius 2 is 1.86 bits per heavy atom. The third-order valence-electron chi connectivity index (χ3n) is 4.42. The van der Waals surface area contributed by atoms with E-state index in [1.54, 1.807) is 11.8 Å². The Morgan fingerprint density at radius 1 is 1.07 bits per heavy atom. The molecule has 7 nitrogen and oxygen atoms in total. The Kier molecular flexibility index (Phi) is 5.35. The number of ether oxygens (including phenoxy) is 2. The van der Waals surface area contributed by atoms with E-state index in [0.717, 1.165) is 38.4 Å². The van der Waals surface area contributed by atoms with E-state index < -0.39 is 0 Å². The highest BCUT2D eigenvalue weighted by Crippen LogP contribution is 2.31. The molecule has 8 heteroatoms. The van der Waals surface area contributed by atoms with Gasteiger partial charge < -0.3 is 13.9 Å². The van der Waals surface area contributed by atoms with Crippen LogP contribution in [0.4, 0.5) is 0 Å². The number of hydrogen-bond acceptors (Lipinski definition) is 6. The molecular formula is C21H19BrN4O3. The van der Waals surface area contributed by atoms with Crippen LogP contribution in [-0.2, 0) is 13.7 Å². The summed E-state index contributed by atoms with van der Waals surface area (Å²) < 4.78 is 19.9. The van der Waals surface area contributed by atoms with Crippen LogP contribution in [0.15, 0.2) is 57.6 Å². The zero-order chi connectivity index (χ0) is 20.4. The van der Waals surface area contributed by atoms with Crippen LogP contribution >= 0.6 is 15.9 Å². The van der Waals surface area contributed by atoms with E-state index in [-0.39, 0.29) is 0 Å². The molecule has 4 rings (SSSR count). The standard InChI is InChI=1S/C21H19BrN4O3/c1-13-16(11-26(2)25-13)21-24-23-20(29-21)14-8-9-18(27-3)15(10-14)12-28-19-7-5-4-6-17(19)22/h4-11H,12H2,1-3H3. The van der Waals surface area contributed by atoms with Gasteiger partial charge in [-0.05, 0) is 53.2 Å². The van der Waals surface area contributed by atoms with Crippen molar-refractivity contribution in [2.24, 2.45) is 7.05 Å². The van der Waals surface area contributed by atoms with Crippen molar-refractivity contribution in [3.8, 4) is 34.4 Å². The van der Waals surface area contributed by atoms with Gasteiger partial charge in [-0.2, -0.15) is 5.10 Å². The molecule has 0 bridgehead atoms. The Hall–Kier alpha value is -3.13. The second kappa shape index (κ2) is 8.08. The largest absolute Gasteiger partial charge is 0.496 e. The molecule has 0 N–H and O–H groups in total. The van der Waals surface area contributed by atoms with Crippen molar-refractivity contribution in [2.75, 3.05) is 7.11 Å². The molecule has 0 saturated heterocycles. The molecule has 4 aromatic rings. The predicted octanol–water partition coefficient (Wildman–Crippen LogP) is 4.80. The highest BCUT2D eigenvalue weighted by Gasteiger charge is 2.16. The van der Waals surface area contributed by atoms with Crippen LogP contribution in [0.1, 0.15) is 11.3 Å². The lowest BCUT2D eigenvalue weighted by molar-refractivity contribution is 0.295. The topological polar surface area (TPSA) is 75.2 Å². The van der Waals surface area contributed by atoms with Crippen molar-refractivity contribution >= 4 is 15.9 Å². The van der Waals surface area contributed by atoms with Crippen molar-refractivity contribution in [1.82, 2.24) is 20.0 Å². The molecule has 2 aromatic carbocycles. The van der Waals surface area contributed by atoms with E-state index in [4.69, 9.17) is 13.9 Å². The third kappa shape index (κ3) is 4.02. The number of aryl methyl sites for hydroxylation is 2. The van der Waals surface area contributed by atoms with E-state index in [1.165, 1.54) is 0 Å². The van der Waals surface area contributed by atoms with Crippen molar-refractivity contribution in [1.29, 1.82) is 0 Å². The lowest BCUT2D eigenvalue weighted by Gasteiger charge is -2.12. The van der Waals surface area contributed by atoms with Gasteiger partial charge in [-0.25, -0.2) is 0 Å². The fourth-order valence-electron chi connectivity index (χ4n) is 3.00. The van der Waals surface area contributed by atoms with E-state index in [1.807, 2.05) is 62.6 Å². The second-order valence-corrected chi connectivity index (χ2v) is 7.31. The summed E-state index contributed by atoms with van der Waals surface area (Å²) in [6, 6.07) is 13.4. The molecule has 2 aromatic heterocycles. The highest BCUT2D eigenvalue weighted by molar-refractivity contribution is 9.10. The van der Waals surface area contributed by atoms with Crippen LogP contribution in [0.3, 0.4) is 0 Å². The summed E-state index contributed by atoms with van der Waals surface area (Å²) >= 11 is 3.49. The first-order valence-corrected chi connectivity index (χ1v) is 9.73. The maximum Gasteiger partial charge on any atom is 0.251 e. The number of methoxy groups -OCH3 is 1. The number of aromatic nitrogens is 4. The third-order valence-corrected chi connectivity index (χ3v) is 5.07. The van der Waals surface area contributed by atoms with Crippen molar-refractivity contribution in [3.63, 3.8) is 0 Å². The lowest BCUT2D eigenvalue weighted by atomic mass is 10.1. The first kappa shape index (κ1) is 19.2. The summed E-state index contributed by atoms with van der Waals surface area (Å²) in [5.74, 6) is 2.34. The van der Waals surface area contributed by atoms with E-state index in [0.29, 0.717) is 18.4 Å². The Balaban J connectivity index is 1.61. The van der Waals surface area contributed by atoms with Gasteiger partial charge in [0.1, 0.15) is 18.1 Å². The number of halogens is 1. The fraction of sp³-hybridized carbons (Fsp3) is 0.190. The number of benzene rings is 2. The van der Waals surface area contributed by atoms with Gasteiger partial charge in [0.25, 0.3) is 5.89 Å². The predicted molar refractivity (Wildman–Crippen MR) is 112 cm³/mol. The summed E-state index contributed by atoms with van der Waals surface area (Å²) in [6.45, 7) is 2.24. The number of nitrogens with zero attached hydrogens (tertiary/aromatic N) is 4. The molecule has 0 fully saturated rings. The molecule has 0 atom stereocenters. The van der Waals surface area contributed by atoms with Crippen LogP contribution < -0.4 is 9.47 Å². The van der Waals surface area contributed by atoms with Gasteiger partial charge >= 0.3 is 0 Å². The molecule has 148 valence electrons. The summed E-state index contributed by atoms with van der Waals surface area (Å²) in [5, 5.41) is 12.7. The Bertz CT molecular complexity index is 1150. The van der Waals surface area contributed by atoms with Gasteiger partial charge in [-0.15, -0.1) is 10.2 Å². The van der Waals surface area contributed by atoms with Crippen molar-refractivity contribution in [3.05, 3.63) is 64.4 Å². The maximum absolute atomic E-state index is 5.94. The van der Waals surface area contributed by atoms with Crippen molar-refractivity contribution < 1.29 is 13.9 Å². The smallest absolute Gasteiger partial charge is 0.251 e. The summed E-state index contributed by atoms with van der Waals surface area (Å²) in [4.78, 5) is 0. The minimum atomic E-state index is 0.336. The van der Waals surface area contributed by atoms with Gasteiger partial charge in [-0.1, -0.05) is 12.1 Å². The molecule has 29 heavy (non-hydrogen) atoms. The number of para-hydroxylation sites is 1. The van der Waals surface area contributed by atoms with Crippen molar-refractivity contribution in [2.45, 2.75) is 13.5 Å². The van der Waals surface area contributed by atoms with Crippen LogP contribution in [-0.4, -0.2) is 27.1 Å². The molecule has 0 aliphatic rings. The van der Waals surface area contributed by atoms with Gasteiger partial charge in [-0.3, -0.25) is 4.68 Å².